The molecule has 146 valence electrons. The lowest BCUT2D eigenvalue weighted by atomic mass is 10.0. The zero-order valence-electron chi connectivity index (χ0n) is 16.5. The minimum atomic E-state index is -0.268. The summed E-state index contributed by atoms with van der Waals surface area (Å²) in [5, 5.41) is 4.70. The fourth-order valence-electron chi connectivity index (χ4n) is 4.03. The van der Waals surface area contributed by atoms with E-state index in [-0.39, 0.29) is 5.63 Å². The van der Waals surface area contributed by atoms with E-state index in [2.05, 4.69) is 59.6 Å². The summed E-state index contributed by atoms with van der Waals surface area (Å²) >= 11 is 0. The molecule has 1 saturated heterocycles. The first-order valence-electron chi connectivity index (χ1n) is 10.3. The quantitative estimate of drug-likeness (QED) is 0.658. The van der Waals surface area contributed by atoms with Crippen LogP contribution in [0.3, 0.4) is 0 Å². The smallest absolute Gasteiger partial charge is 0.336 e. The average molecular weight is 377 g/mol. The molecule has 4 heteroatoms. The summed E-state index contributed by atoms with van der Waals surface area (Å²) in [6, 6.07) is 19.0. The molecule has 1 N–H and O–H groups in total. The number of likely N-dealkylation sites (tertiary alicyclic amines) is 1. The number of hydrogen-bond acceptors (Lipinski definition) is 4. The maximum Gasteiger partial charge on any atom is 0.336 e. The summed E-state index contributed by atoms with van der Waals surface area (Å²) in [7, 11) is 0. The number of nitrogens with zero attached hydrogens (tertiary/aromatic N) is 1. The molecule has 4 rings (SSSR count). The van der Waals surface area contributed by atoms with Crippen molar-refractivity contribution < 1.29 is 4.42 Å². The van der Waals surface area contributed by atoms with Crippen molar-refractivity contribution in [2.75, 3.05) is 13.1 Å². The minimum Gasteiger partial charge on any atom is -0.423 e. The fourth-order valence-corrected chi connectivity index (χ4v) is 4.03. The van der Waals surface area contributed by atoms with E-state index < -0.39 is 0 Å². The van der Waals surface area contributed by atoms with Crippen LogP contribution in [-0.4, -0.2) is 24.0 Å². The highest BCUT2D eigenvalue weighted by molar-refractivity contribution is 5.80. The Morgan fingerprint density at radius 2 is 1.82 bits per heavy atom. The summed E-state index contributed by atoms with van der Waals surface area (Å²) in [6.07, 6.45) is 3.20. The largest absolute Gasteiger partial charge is 0.423 e. The van der Waals surface area contributed by atoms with Gasteiger partial charge in [-0.1, -0.05) is 49.4 Å². The van der Waals surface area contributed by atoms with Crippen LogP contribution in [0.15, 0.2) is 63.8 Å². The van der Waals surface area contributed by atoms with Gasteiger partial charge in [0.2, 0.25) is 0 Å². The molecule has 0 spiro atoms. The van der Waals surface area contributed by atoms with Gasteiger partial charge in [-0.05, 0) is 55.1 Å². The number of aryl methyl sites for hydroxylation is 1. The number of nitrogens with one attached hydrogen (secondary N) is 1. The normalized spacial score (nSPS) is 15.9. The topological polar surface area (TPSA) is 45.5 Å². The second-order valence-corrected chi connectivity index (χ2v) is 7.69. The summed E-state index contributed by atoms with van der Waals surface area (Å²) in [4.78, 5) is 14.5. The molecule has 1 aromatic heterocycles. The zero-order valence-corrected chi connectivity index (χ0v) is 16.5. The summed E-state index contributed by atoms with van der Waals surface area (Å²) in [5.41, 5.74) is 4.02. The molecule has 0 amide bonds. The highest BCUT2D eigenvalue weighted by Crippen LogP contribution is 2.20. The predicted octanol–water partition coefficient (Wildman–Crippen LogP) is 4.11. The average Bonchev–Trinajstić information content (AvgIpc) is 2.73. The molecule has 1 fully saturated rings. The molecule has 0 atom stereocenters. The van der Waals surface area contributed by atoms with Crippen LogP contribution in [0.1, 0.15) is 36.5 Å². The van der Waals surface area contributed by atoms with E-state index in [1.807, 2.05) is 6.07 Å². The number of fused-ring (bicyclic) bond motifs is 1. The molecule has 0 unspecified atom stereocenters. The van der Waals surface area contributed by atoms with E-state index in [0.717, 1.165) is 49.8 Å². The molecule has 1 aliphatic heterocycles. The van der Waals surface area contributed by atoms with Crippen LogP contribution in [-0.2, 0) is 19.5 Å². The van der Waals surface area contributed by atoms with E-state index in [1.54, 1.807) is 6.07 Å². The van der Waals surface area contributed by atoms with Crippen LogP contribution in [0, 0.1) is 0 Å². The summed E-state index contributed by atoms with van der Waals surface area (Å²) in [5.74, 6) is 0. The van der Waals surface area contributed by atoms with Gasteiger partial charge >= 0.3 is 5.63 Å². The van der Waals surface area contributed by atoms with E-state index in [4.69, 9.17) is 4.42 Å². The number of piperidine rings is 1. The van der Waals surface area contributed by atoms with Crippen molar-refractivity contribution in [1.82, 2.24) is 10.2 Å². The van der Waals surface area contributed by atoms with Crippen molar-refractivity contribution in [3.05, 3.63) is 81.7 Å². The maximum absolute atomic E-state index is 12.0. The molecule has 1 aliphatic rings. The zero-order chi connectivity index (χ0) is 19.3. The van der Waals surface area contributed by atoms with Gasteiger partial charge in [-0.2, -0.15) is 0 Å². The second kappa shape index (κ2) is 8.72. The molecule has 2 aromatic carbocycles. The van der Waals surface area contributed by atoms with E-state index >= 15 is 0 Å². The van der Waals surface area contributed by atoms with Crippen molar-refractivity contribution in [2.45, 2.75) is 45.3 Å². The molecule has 2 heterocycles. The predicted molar refractivity (Wildman–Crippen MR) is 113 cm³/mol. The Hall–Kier alpha value is -2.43. The molecule has 4 nitrogen and oxygen atoms in total. The molecule has 0 radical (unpaired) electrons. The highest BCUT2D eigenvalue weighted by Gasteiger charge is 2.19. The van der Waals surface area contributed by atoms with Gasteiger partial charge in [-0.3, -0.25) is 4.90 Å². The molecule has 0 bridgehead atoms. The van der Waals surface area contributed by atoms with Gasteiger partial charge in [0.1, 0.15) is 5.58 Å². The third kappa shape index (κ3) is 4.51. The molecule has 3 aromatic rings. The lowest BCUT2D eigenvalue weighted by molar-refractivity contribution is 0.190. The van der Waals surface area contributed by atoms with Crippen molar-refractivity contribution in [3.63, 3.8) is 0 Å². The Morgan fingerprint density at radius 1 is 1.04 bits per heavy atom. The first kappa shape index (κ1) is 18.9. The third-order valence-corrected chi connectivity index (χ3v) is 5.72. The van der Waals surface area contributed by atoms with Gasteiger partial charge in [-0.25, -0.2) is 4.79 Å². The molecular weight excluding hydrogens is 348 g/mol. The fraction of sp³-hybridized carbons (Fsp3) is 0.375. The number of benzene rings is 2. The van der Waals surface area contributed by atoms with Crippen molar-refractivity contribution in [2.24, 2.45) is 0 Å². The van der Waals surface area contributed by atoms with E-state index in [0.29, 0.717) is 18.2 Å². The van der Waals surface area contributed by atoms with Crippen LogP contribution in [0.5, 0.6) is 0 Å². The van der Waals surface area contributed by atoms with Gasteiger partial charge < -0.3 is 9.73 Å². The van der Waals surface area contributed by atoms with Crippen molar-refractivity contribution >= 4 is 11.0 Å². The lowest BCUT2D eigenvalue weighted by Gasteiger charge is -2.32. The van der Waals surface area contributed by atoms with Crippen molar-refractivity contribution in [3.8, 4) is 0 Å². The van der Waals surface area contributed by atoms with Gasteiger partial charge in [0.05, 0.1) is 0 Å². The molecular formula is C24H28N2O2. The SMILES string of the molecule is CCc1ccc2c(CNC3CCN(Cc4ccccc4)CC3)cc(=O)oc2c1. The van der Waals surface area contributed by atoms with Crippen LogP contribution in [0.25, 0.3) is 11.0 Å². The molecule has 0 aliphatic carbocycles. The Kier molecular flexibility index (Phi) is 5.89. The maximum atomic E-state index is 12.0. The first-order chi connectivity index (χ1) is 13.7. The lowest BCUT2D eigenvalue weighted by Crippen LogP contribution is -2.41. The third-order valence-electron chi connectivity index (χ3n) is 5.72. The highest BCUT2D eigenvalue weighted by atomic mass is 16.4. The number of rotatable bonds is 6. The van der Waals surface area contributed by atoms with Crippen LogP contribution < -0.4 is 10.9 Å². The monoisotopic (exact) mass is 376 g/mol. The van der Waals surface area contributed by atoms with E-state index in [1.165, 1.54) is 11.1 Å². The first-order valence-corrected chi connectivity index (χ1v) is 10.3. The van der Waals surface area contributed by atoms with Gasteiger partial charge in [0.15, 0.2) is 0 Å². The Labute approximate surface area is 166 Å². The van der Waals surface area contributed by atoms with Crippen LogP contribution >= 0.6 is 0 Å². The second-order valence-electron chi connectivity index (χ2n) is 7.69. The van der Waals surface area contributed by atoms with Gasteiger partial charge in [-0.15, -0.1) is 0 Å². The minimum absolute atomic E-state index is 0.268. The molecule has 0 saturated carbocycles. The Morgan fingerprint density at radius 3 is 2.57 bits per heavy atom. The van der Waals surface area contributed by atoms with Crippen molar-refractivity contribution in [1.29, 1.82) is 0 Å². The van der Waals surface area contributed by atoms with Gasteiger partial charge in [0, 0.05) is 30.6 Å². The summed E-state index contributed by atoms with van der Waals surface area (Å²) in [6.45, 7) is 6.04. The summed E-state index contributed by atoms with van der Waals surface area (Å²) < 4.78 is 5.42. The Balaban J connectivity index is 1.36. The van der Waals surface area contributed by atoms with Crippen LogP contribution in [0.4, 0.5) is 0 Å². The number of hydrogen-bond donors (Lipinski definition) is 1. The van der Waals surface area contributed by atoms with Gasteiger partial charge in [0.25, 0.3) is 0 Å². The van der Waals surface area contributed by atoms with Crippen LogP contribution in [0.2, 0.25) is 0 Å². The standard InChI is InChI=1S/C24H28N2O2/c1-2-18-8-9-22-20(15-24(27)28-23(22)14-18)16-25-21-10-12-26(13-11-21)17-19-6-4-3-5-7-19/h3-9,14-15,21,25H,2,10-13,16-17H2,1H3. The Bertz CT molecular complexity index is 973. The van der Waals surface area contributed by atoms with E-state index in [9.17, 15) is 4.79 Å². The molecule has 28 heavy (non-hydrogen) atoms.